The van der Waals surface area contributed by atoms with E-state index in [-0.39, 0.29) is 18.4 Å². The van der Waals surface area contributed by atoms with Gasteiger partial charge in [-0.15, -0.1) is 0 Å². The summed E-state index contributed by atoms with van der Waals surface area (Å²) in [5.74, 6) is -0.448. The summed E-state index contributed by atoms with van der Waals surface area (Å²) in [7, 11) is 0. The molecule has 0 aliphatic rings. The molecule has 0 aliphatic carbocycles. The van der Waals surface area contributed by atoms with E-state index >= 15 is 0 Å². The molecular formula is C12H14ClNO4. The molecule has 0 radical (unpaired) electrons. The molecule has 1 aromatic carbocycles. The Morgan fingerprint density at radius 3 is 2.61 bits per heavy atom. The van der Waals surface area contributed by atoms with Crippen LogP contribution in [0.1, 0.15) is 13.8 Å². The van der Waals surface area contributed by atoms with Gasteiger partial charge >= 0.3 is 5.97 Å². The fourth-order valence-corrected chi connectivity index (χ4v) is 1.18. The fraction of sp³-hybridized carbons (Fsp3) is 0.333. The van der Waals surface area contributed by atoms with Gasteiger partial charge in [0.15, 0.2) is 12.3 Å². The summed E-state index contributed by atoms with van der Waals surface area (Å²) in [6.07, 6.45) is -0.253. The quantitative estimate of drug-likeness (QED) is 0.638. The molecule has 98 valence electrons. The second kappa shape index (κ2) is 6.86. The zero-order chi connectivity index (χ0) is 13.5. The smallest absolute Gasteiger partial charge is 0.353 e. The molecule has 1 aromatic rings. The summed E-state index contributed by atoms with van der Waals surface area (Å²) >= 11 is 5.74. The summed E-state index contributed by atoms with van der Waals surface area (Å²) in [6, 6.07) is 6.92. The lowest BCUT2D eigenvalue weighted by Gasteiger charge is -2.13. The molecule has 0 aromatic heterocycles. The van der Waals surface area contributed by atoms with Crippen LogP contribution >= 0.6 is 11.6 Å². The molecule has 1 N–H and O–H groups in total. The fourth-order valence-electron chi connectivity index (χ4n) is 1.06. The maximum atomic E-state index is 10.4. The van der Waals surface area contributed by atoms with Crippen molar-refractivity contribution in [3.8, 4) is 5.75 Å². The van der Waals surface area contributed by atoms with E-state index in [1.807, 2.05) is 0 Å². The molecule has 0 saturated heterocycles. The number of nitrogens with zero attached hydrogens (tertiary/aromatic N) is 1. The number of carboxylic acid groups (broad SMARTS) is 1. The number of halogens is 1. The number of aliphatic carboxylic acids is 1. The summed E-state index contributed by atoms with van der Waals surface area (Å²) < 4.78 is 5.51. The minimum Gasteiger partial charge on any atom is -0.487 e. The lowest BCUT2D eigenvalue weighted by molar-refractivity contribution is -0.129. The summed E-state index contributed by atoms with van der Waals surface area (Å²) in [5.41, 5.74) is -0.103. The number of hydrogen-bond acceptors (Lipinski definition) is 4. The average Bonchev–Trinajstić information content (AvgIpc) is 2.32. The molecule has 0 saturated carbocycles. The van der Waals surface area contributed by atoms with Crippen molar-refractivity contribution in [2.24, 2.45) is 5.16 Å². The molecule has 0 amide bonds. The number of ether oxygens (including phenoxy) is 1. The summed E-state index contributed by atoms with van der Waals surface area (Å²) in [6.45, 7) is 3.31. The maximum Gasteiger partial charge on any atom is 0.353 e. The Labute approximate surface area is 110 Å². The van der Waals surface area contributed by atoms with Gasteiger partial charge in [0.1, 0.15) is 11.9 Å². The highest BCUT2D eigenvalue weighted by atomic mass is 35.5. The number of hydrogen-bond donors (Lipinski definition) is 1. The van der Waals surface area contributed by atoms with Gasteiger partial charge in [-0.2, -0.15) is 0 Å². The SMILES string of the molecule is CC(=NOCC(C)Oc1ccc(Cl)cc1)C(=O)O. The Morgan fingerprint density at radius 2 is 2.06 bits per heavy atom. The molecule has 1 atom stereocenters. The number of rotatable bonds is 6. The van der Waals surface area contributed by atoms with Crippen LogP contribution in [0.5, 0.6) is 5.75 Å². The first-order valence-electron chi connectivity index (χ1n) is 5.31. The van der Waals surface area contributed by atoms with Crippen LogP contribution in [0, 0.1) is 0 Å². The van der Waals surface area contributed by atoms with Crippen LogP contribution in [0.4, 0.5) is 0 Å². The van der Waals surface area contributed by atoms with Crippen molar-refractivity contribution in [1.29, 1.82) is 0 Å². The van der Waals surface area contributed by atoms with Crippen LogP contribution in [0.25, 0.3) is 0 Å². The second-order valence-corrected chi connectivity index (χ2v) is 4.10. The van der Waals surface area contributed by atoms with E-state index in [4.69, 9.17) is 26.3 Å². The molecule has 18 heavy (non-hydrogen) atoms. The lowest BCUT2D eigenvalue weighted by atomic mass is 10.3. The van der Waals surface area contributed by atoms with Crippen molar-refractivity contribution < 1.29 is 19.5 Å². The molecule has 0 fully saturated rings. The first-order valence-corrected chi connectivity index (χ1v) is 5.69. The van der Waals surface area contributed by atoms with E-state index in [0.29, 0.717) is 10.8 Å². The lowest BCUT2D eigenvalue weighted by Crippen LogP contribution is -2.18. The van der Waals surface area contributed by atoms with Crippen molar-refractivity contribution in [3.05, 3.63) is 29.3 Å². The molecular weight excluding hydrogens is 258 g/mol. The summed E-state index contributed by atoms with van der Waals surface area (Å²) in [5, 5.41) is 12.6. The van der Waals surface area contributed by atoms with Crippen LogP contribution in [0.15, 0.2) is 29.4 Å². The minimum absolute atomic E-state index is 0.103. The third-order valence-electron chi connectivity index (χ3n) is 1.97. The molecule has 1 rings (SSSR count). The van der Waals surface area contributed by atoms with Gasteiger partial charge in [0.05, 0.1) is 0 Å². The predicted molar refractivity (Wildman–Crippen MR) is 68.2 cm³/mol. The van der Waals surface area contributed by atoms with Gasteiger partial charge in [-0.05, 0) is 38.1 Å². The molecule has 0 aliphatic heterocycles. The van der Waals surface area contributed by atoms with E-state index < -0.39 is 5.97 Å². The van der Waals surface area contributed by atoms with Crippen molar-refractivity contribution in [2.75, 3.05) is 6.61 Å². The largest absolute Gasteiger partial charge is 0.487 e. The van der Waals surface area contributed by atoms with E-state index in [9.17, 15) is 4.79 Å². The number of benzene rings is 1. The van der Waals surface area contributed by atoms with Crippen molar-refractivity contribution in [2.45, 2.75) is 20.0 Å². The summed E-state index contributed by atoms with van der Waals surface area (Å²) in [4.78, 5) is 15.3. The van der Waals surface area contributed by atoms with Crippen molar-refractivity contribution in [1.82, 2.24) is 0 Å². The van der Waals surface area contributed by atoms with E-state index in [1.54, 1.807) is 31.2 Å². The van der Waals surface area contributed by atoms with E-state index in [1.165, 1.54) is 6.92 Å². The van der Waals surface area contributed by atoms with Crippen LogP contribution in [-0.2, 0) is 9.63 Å². The zero-order valence-corrected chi connectivity index (χ0v) is 10.8. The Balaban J connectivity index is 2.38. The standard InChI is InChI=1S/C12H14ClNO4/c1-8(7-17-14-9(2)12(15)16)18-11-5-3-10(13)4-6-11/h3-6,8H,7H2,1-2H3,(H,15,16). The van der Waals surface area contributed by atoms with Crippen molar-refractivity contribution >= 4 is 23.3 Å². The second-order valence-electron chi connectivity index (χ2n) is 3.66. The highest BCUT2D eigenvalue weighted by Crippen LogP contribution is 2.16. The molecule has 0 heterocycles. The first kappa shape index (κ1) is 14.3. The highest BCUT2D eigenvalue weighted by molar-refractivity contribution is 6.34. The maximum absolute atomic E-state index is 10.4. The van der Waals surface area contributed by atoms with Crippen LogP contribution in [0.2, 0.25) is 5.02 Å². The van der Waals surface area contributed by atoms with Gasteiger partial charge in [0, 0.05) is 5.02 Å². The normalized spacial score (nSPS) is 12.9. The Bertz CT molecular complexity index is 430. The molecule has 0 bridgehead atoms. The highest BCUT2D eigenvalue weighted by Gasteiger charge is 2.06. The van der Waals surface area contributed by atoms with Gasteiger partial charge in [-0.1, -0.05) is 16.8 Å². The third-order valence-corrected chi connectivity index (χ3v) is 2.22. The van der Waals surface area contributed by atoms with E-state index in [0.717, 1.165) is 0 Å². The monoisotopic (exact) mass is 271 g/mol. The van der Waals surface area contributed by atoms with E-state index in [2.05, 4.69) is 5.16 Å². The van der Waals surface area contributed by atoms with Gasteiger partial charge in [-0.3, -0.25) is 0 Å². The molecule has 6 heteroatoms. The van der Waals surface area contributed by atoms with Gasteiger partial charge in [0.2, 0.25) is 0 Å². The molecule has 0 spiro atoms. The minimum atomic E-state index is -1.11. The average molecular weight is 272 g/mol. The van der Waals surface area contributed by atoms with Crippen LogP contribution in [-0.4, -0.2) is 29.5 Å². The number of carbonyl (C=O) groups is 1. The zero-order valence-electron chi connectivity index (χ0n) is 10.1. The third kappa shape index (κ3) is 5.05. The van der Waals surface area contributed by atoms with Crippen molar-refractivity contribution in [3.63, 3.8) is 0 Å². The van der Waals surface area contributed by atoms with Gasteiger partial charge < -0.3 is 14.7 Å². The Kier molecular flexibility index (Phi) is 5.45. The number of oxime groups is 1. The first-order chi connectivity index (χ1) is 8.49. The molecule has 1 unspecified atom stereocenters. The van der Waals surface area contributed by atoms with Crippen LogP contribution in [0.3, 0.4) is 0 Å². The van der Waals surface area contributed by atoms with Crippen LogP contribution < -0.4 is 4.74 Å². The molecule has 5 nitrogen and oxygen atoms in total. The van der Waals surface area contributed by atoms with Gasteiger partial charge in [0.25, 0.3) is 0 Å². The topological polar surface area (TPSA) is 68.1 Å². The predicted octanol–water partition coefficient (Wildman–Crippen LogP) is 2.58. The van der Waals surface area contributed by atoms with Gasteiger partial charge in [-0.25, -0.2) is 4.79 Å². The Morgan fingerprint density at radius 1 is 1.44 bits per heavy atom. The Hall–Kier alpha value is -1.75. The number of carboxylic acids is 1.